The minimum atomic E-state index is -0.818. The number of carboxylic acid groups (broad SMARTS) is 1. The standard InChI is InChI=1S/C20H27N3O3/c1-15(2)7-10-22-11-17-12-23(14-20(17,13-22)19(25)26)18(24)4-3-16-5-8-21-9-6-16/h5-9,17H,3-4,10-14H2,1-2H3,(H,25,26)/t17-,20-/m1/s1. The van der Waals surface area contributed by atoms with Crippen LogP contribution in [0.4, 0.5) is 0 Å². The highest BCUT2D eigenvalue weighted by Crippen LogP contribution is 2.43. The first-order chi connectivity index (χ1) is 12.4. The molecule has 2 aliphatic rings. The number of carboxylic acids is 1. The number of carbonyl (C=O) groups is 2. The average Bonchev–Trinajstić information content (AvgIpc) is 3.14. The van der Waals surface area contributed by atoms with Crippen LogP contribution in [0.5, 0.6) is 0 Å². The Morgan fingerprint density at radius 1 is 1.27 bits per heavy atom. The van der Waals surface area contributed by atoms with Crippen molar-refractivity contribution in [3.63, 3.8) is 0 Å². The lowest BCUT2D eigenvalue weighted by atomic mass is 9.81. The fourth-order valence-electron chi connectivity index (χ4n) is 4.07. The first-order valence-corrected chi connectivity index (χ1v) is 9.16. The lowest BCUT2D eigenvalue weighted by Crippen LogP contribution is -2.42. The molecule has 3 heterocycles. The lowest BCUT2D eigenvalue weighted by Gasteiger charge is -2.25. The van der Waals surface area contributed by atoms with Crippen LogP contribution in [-0.2, 0) is 16.0 Å². The SMILES string of the molecule is CC(C)=CCN1C[C@@H]2CN(C(=O)CCc3ccncc3)C[C@]2(C(=O)O)C1. The molecule has 6 heteroatoms. The molecular weight excluding hydrogens is 330 g/mol. The maximum atomic E-state index is 12.6. The molecule has 6 nitrogen and oxygen atoms in total. The van der Waals surface area contributed by atoms with Gasteiger partial charge >= 0.3 is 5.97 Å². The molecule has 0 spiro atoms. The Kier molecular flexibility index (Phi) is 5.41. The van der Waals surface area contributed by atoms with Crippen molar-refractivity contribution in [2.75, 3.05) is 32.7 Å². The van der Waals surface area contributed by atoms with E-state index >= 15 is 0 Å². The maximum Gasteiger partial charge on any atom is 0.313 e. The molecule has 140 valence electrons. The number of hydrogen-bond acceptors (Lipinski definition) is 4. The Morgan fingerprint density at radius 3 is 2.62 bits per heavy atom. The van der Waals surface area contributed by atoms with E-state index in [0.29, 0.717) is 32.5 Å². The second-order valence-electron chi connectivity index (χ2n) is 7.76. The topological polar surface area (TPSA) is 73.7 Å². The second kappa shape index (κ2) is 7.58. The highest BCUT2D eigenvalue weighted by atomic mass is 16.4. The zero-order valence-corrected chi connectivity index (χ0v) is 15.5. The number of hydrogen-bond donors (Lipinski definition) is 1. The molecule has 0 bridgehead atoms. The Hall–Kier alpha value is -2.21. The van der Waals surface area contributed by atoms with Gasteiger partial charge < -0.3 is 10.0 Å². The van der Waals surface area contributed by atoms with Crippen molar-refractivity contribution in [3.05, 3.63) is 41.7 Å². The third kappa shape index (κ3) is 3.80. The maximum absolute atomic E-state index is 12.6. The van der Waals surface area contributed by atoms with Gasteiger partial charge in [-0.3, -0.25) is 19.5 Å². The van der Waals surface area contributed by atoms with Gasteiger partial charge in [-0.2, -0.15) is 0 Å². The van der Waals surface area contributed by atoms with Crippen LogP contribution in [0, 0.1) is 11.3 Å². The first kappa shape index (κ1) is 18.6. The monoisotopic (exact) mass is 357 g/mol. The number of aliphatic carboxylic acids is 1. The summed E-state index contributed by atoms with van der Waals surface area (Å²) in [5, 5.41) is 9.89. The zero-order chi connectivity index (χ0) is 18.7. The molecule has 2 fully saturated rings. The van der Waals surface area contributed by atoms with Crippen LogP contribution in [0.1, 0.15) is 25.8 Å². The fraction of sp³-hybridized carbons (Fsp3) is 0.550. The first-order valence-electron chi connectivity index (χ1n) is 9.16. The normalized spacial score (nSPS) is 25.2. The minimum Gasteiger partial charge on any atom is -0.481 e. The van der Waals surface area contributed by atoms with Gasteiger partial charge in [0.15, 0.2) is 0 Å². The third-order valence-corrected chi connectivity index (χ3v) is 5.59. The molecule has 0 aromatic carbocycles. The number of fused-ring (bicyclic) bond motifs is 1. The van der Waals surface area contributed by atoms with Crippen LogP contribution in [-0.4, -0.2) is 64.5 Å². The van der Waals surface area contributed by atoms with Crippen molar-refractivity contribution in [2.24, 2.45) is 11.3 Å². The Morgan fingerprint density at radius 2 is 2.00 bits per heavy atom. The van der Waals surface area contributed by atoms with Gasteiger partial charge in [0.05, 0.1) is 0 Å². The predicted molar refractivity (Wildman–Crippen MR) is 98.6 cm³/mol. The number of carbonyl (C=O) groups excluding carboxylic acids is 1. The number of rotatable bonds is 6. The van der Waals surface area contributed by atoms with Gasteiger partial charge in [0, 0.05) is 57.5 Å². The summed E-state index contributed by atoms with van der Waals surface area (Å²) in [4.78, 5) is 32.6. The van der Waals surface area contributed by atoms with Crippen molar-refractivity contribution < 1.29 is 14.7 Å². The number of allylic oxidation sites excluding steroid dienone is 1. The molecule has 1 N–H and O–H groups in total. The highest BCUT2D eigenvalue weighted by Gasteiger charge is 2.58. The fourth-order valence-corrected chi connectivity index (χ4v) is 4.07. The number of nitrogens with zero attached hydrogens (tertiary/aromatic N) is 3. The van der Waals surface area contributed by atoms with E-state index in [1.165, 1.54) is 5.57 Å². The van der Waals surface area contributed by atoms with E-state index in [0.717, 1.165) is 18.7 Å². The van der Waals surface area contributed by atoms with Crippen molar-refractivity contribution in [2.45, 2.75) is 26.7 Å². The van der Waals surface area contributed by atoms with Crippen LogP contribution in [0.2, 0.25) is 0 Å². The molecular formula is C20H27N3O3. The molecule has 2 saturated heterocycles. The highest BCUT2D eigenvalue weighted by molar-refractivity contribution is 5.81. The predicted octanol–water partition coefficient (Wildman–Crippen LogP) is 1.83. The quantitative estimate of drug-likeness (QED) is 0.786. The Bertz CT molecular complexity index is 700. The van der Waals surface area contributed by atoms with Gasteiger partial charge in [-0.1, -0.05) is 11.6 Å². The third-order valence-electron chi connectivity index (χ3n) is 5.59. The van der Waals surface area contributed by atoms with Crippen LogP contribution >= 0.6 is 0 Å². The summed E-state index contributed by atoms with van der Waals surface area (Å²) in [6.07, 6.45) is 6.65. The largest absolute Gasteiger partial charge is 0.481 e. The van der Waals surface area contributed by atoms with Gasteiger partial charge in [0.25, 0.3) is 0 Å². The van der Waals surface area contributed by atoms with E-state index in [9.17, 15) is 14.7 Å². The molecule has 1 amide bonds. The number of likely N-dealkylation sites (tertiary alicyclic amines) is 2. The summed E-state index contributed by atoms with van der Waals surface area (Å²) in [7, 11) is 0. The molecule has 0 unspecified atom stereocenters. The van der Waals surface area contributed by atoms with Crippen molar-refractivity contribution >= 4 is 11.9 Å². The molecule has 3 rings (SSSR count). The number of aromatic nitrogens is 1. The molecule has 2 atom stereocenters. The number of aryl methyl sites for hydroxylation is 1. The van der Waals surface area contributed by atoms with Gasteiger partial charge in [-0.15, -0.1) is 0 Å². The minimum absolute atomic E-state index is 0.00966. The molecule has 2 aliphatic heterocycles. The summed E-state index contributed by atoms with van der Waals surface area (Å²) >= 11 is 0. The van der Waals surface area contributed by atoms with Crippen LogP contribution in [0.15, 0.2) is 36.2 Å². The lowest BCUT2D eigenvalue weighted by molar-refractivity contribution is -0.149. The van der Waals surface area contributed by atoms with E-state index in [1.807, 2.05) is 26.0 Å². The molecule has 0 radical (unpaired) electrons. The van der Waals surface area contributed by atoms with Crippen LogP contribution < -0.4 is 0 Å². The molecule has 26 heavy (non-hydrogen) atoms. The molecule has 1 aromatic heterocycles. The van der Waals surface area contributed by atoms with E-state index in [-0.39, 0.29) is 11.8 Å². The van der Waals surface area contributed by atoms with Crippen molar-refractivity contribution in [3.8, 4) is 0 Å². The summed E-state index contributed by atoms with van der Waals surface area (Å²) < 4.78 is 0. The molecule has 1 aromatic rings. The smallest absolute Gasteiger partial charge is 0.313 e. The van der Waals surface area contributed by atoms with Crippen molar-refractivity contribution in [1.29, 1.82) is 0 Å². The van der Waals surface area contributed by atoms with Crippen molar-refractivity contribution in [1.82, 2.24) is 14.8 Å². The van der Waals surface area contributed by atoms with E-state index in [4.69, 9.17) is 0 Å². The van der Waals surface area contributed by atoms with Crippen LogP contribution in [0.25, 0.3) is 0 Å². The summed E-state index contributed by atoms with van der Waals surface area (Å²) in [5.74, 6) is -0.713. The zero-order valence-electron chi connectivity index (χ0n) is 15.5. The average molecular weight is 357 g/mol. The van der Waals surface area contributed by atoms with E-state index in [2.05, 4.69) is 16.0 Å². The van der Waals surface area contributed by atoms with E-state index < -0.39 is 11.4 Å². The number of pyridine rings is 1. The summed E-state index contributed by atoms with van der Waals surface area (Å²) in [5.41, 5.74) is 1.50. The van der Waals surface area contributed by atoms with Gasteiger partial charge in [-0.25, -0.2) is 0 Å². The van der Waals surface area contributed by atoms with Gasteiger partial charge in [-0.05, 0) is 38.0 Å². The van der Waals surface area contributed by atoms with Crippen LogP contribution in [0.3, 0.4) is 0 Å². The van der Waals surface area contributed by atoms with Gasteiger partial charge in [0.2, 0.25) is 5.91 Å². The summed E-state index contributed by atoms with van der Waals surface area (Å²) in [6.45, 7) is 7.01. The van der Waals surface area contributed by atoms with Gasteiger partial charge in [0.1, 0.15) is 5.41 Å². The molecule has 0 aliphatic carbocycles. The number of amides is 1. The Balaban J connectivity index is 1.61. The second-order valence-corrected chi connectivity index (χ2v) is 7.76. The van der Waals surface area contributed by atoms with E-state index in [1.54, 1.807) is 17.3 Å². The Labute approximate surface area is 154 Å². The molecule has 0 saturated carbocycles. The summed E-state index contributed by atoms with van der Waals surface area (Å²) in [6, 6.07) is 3.82.